The van der Waals surface area contributed by atoms with Gasteiger partial charge in [0.25, 0.3) is 0 Å². The highest BCUT2D eigenvalue weighted by molar-refractivity contribution is 7.71. The fourth-order valence-corrected chi connectivity index (χ4v) is 2.65. The third kappa shape index (κ3) is 2.04. The molecule has 1 aliphatic rings. The number of rotatable bonds is 2. The maximum absolute atomic E-state index is 11.6. The zero-order chi connectivity index (χ0) is 11.5. The first-order chi connectivity index (χ1) is 7.74. The van der Waals surface area contributed by atoms with Gasteiger partial charge in [-0.05, 0) is 25.1 Å². The van der Waals surface area contributed by atoms with Gasteiger partial charge in [-0.15, -0.1) is 0 Å². The number of ether oxygens (including phenoxy) is 1. The molecule has 0 aliphatic heterocycles. The van der Waals surface area contributed by atoms with Gasteiger partial charge in [0, 0.05) is 12.2 Å². The summed E-state index contributed by atoms with van der Waals surface area (Å²) in [6.07, 6.45) is 7.52. The third-order valence-electron chi connectivity index (χ3n) is 3.15. The molecular weight excluding hydrogens is 224 g/mol. The second-order valence-corrected chi connectivity index (χ2v) is 4.52. The standard InChI is InChI=1S/C11H16N2O2S/c1-15-10(14)9-7-12-11(16)13(9)8-5-3-2-4-6-8/h7-8H,2-6H2,1H3,(H,12,16). The van der Waals surface area contributed by atoms with Crippen LogP contribution in [-0.4, -0.2) is 22.6 Å². The molecule has 5 heteroatoms. The minimum atomic E-state index is -0.321. The van der Waals surface area contributed by atoms with Crippen LogP contribution in [0.2, 0.25) is 0 Å². The van der Waals surface area contributed by atoms with E-state index in [4.69, 9.17) is 17.0 Å². The number of methoxy groups -OCH3 is 1. The lowest BCUT2D eigenvalue weighted by Crippen LogP contribution is -2.18. The smallest absolute Gasteiger partial charge is 0.356 e. The molecule has 2 rings (SSSR count). The Morgan fingerprint density at radius 1 is 1.50 bits per heavy atom. The lowest BCUT2D eigenvalue weighted by Gasteiger charge is -2.24. The van der Waals surface area contributed by atoms with E-state index < -0.39 is 0 Å². The summed E-state index contributed by atoms with van der Waals surface area (Å²) in [5, 5.41) is 0. The summed E-state index contributed by atoms with van der Waals surface area (Å²) in [4.78, 5) is 14.5. The van der Waals surface area contributed by atoms with Gasteiger partial charge in [0.1, 0.15) is 5.69 Å². The molecule has 1 aromatic heterocycles. The van der Waals surface area contributed by atoms with Crippen molar-refractivity contribution in [1.29, 1.82) is 0 Å². The lowest BCUT2D eigenvalue weighted by molar-refractivity contribution is 0.0584. The number of H-pyrrole nitrogens is 1. The first kappa shape index (κ1) is 11.4. The van der Waals surface area contributed by atoms with Gasteiger partial charge in [0.15, 0.2) is 4.77 Å². The largest absolute Gasteiger partial charge is 0.464 e. The Bertz CT molecular complexity index is 429. The molecule has 1 fully saturated rings. The zero-order valence-electron chi connectivity index (χ0n) is 9.36. The van der Waals surface area contributed by atoms with Crippen molar-refractivity contribution in [3.8, 4) is 0 Å². The van der Waals surface area contributed by atoms with Crippen molar-refractivity contribution >= 4 is 18.2 Å². The van der Waals surface area contributed by atoms with Crippen LogP contribution in [0.15, 0.2) is 6.20 Å². The van der Waals surface area contributed by atoms with Gasteiger partial charge in [-0.2, -0.15) is 0 Å². The summed E-state index contributed by atoms with van der Waals surface area (Å²) >= 11 is 5.22. The molecule has 0 bridgehead atoms. The zero-order valence-corrected chi connectivity index (χ0v) is 10.2. The van der Waals surface area contributed by atoms with Crippen LogP contribution in [0.1, 0.15) is 48.6 Å². The van der Waals surface area contributed by atoms with E-state index in [1.807, 2.05) is 4.57 Å². The number of esters is 1. The number of nitrogens with one attached hydrogen (secondary N) is 1. The Morgan fingerprint density at radius 2 is 2.19 bits per heavy atom. The number of hydrogen-bond acceptors (Lipinski definition) is 3. The molecule has 4 nitrogen and oxygen atoms in total. The Balaban J connectivity index is 2.34. The van der Waals surface area contributed by atoms with E-state index in [9.17, 15) is 4.79 Å². The van der Waals surface area contributed by atoms with E-state index in [-0.39, 0.29) is 5.97 Å². The molecule has 1 saturated carbocycles. The molecule has 88 valence electrons. The van der Waals surface area contributed by atoms with Gasteiger partial charge in [-0.1, -0.05) is 19.3 Å². The summed E-state index contributed by atoms with van der Waals surface area (Å²) in [6.45, 7) is 0. The normalized spacial score (nSPS) is 17.3. The summed E-state index contributed by atoms with van der Waals surface area (Å²) in [5.41, 5.74) is 0.541. The van der Waals surface area contributed by atoms with E-state index in [0.29, 0.717) is 16.5 Å². The first-order valence-corrected chi connectivity index (χ1v) is 6.03. The molecule has 16 heavy (non-hydrogen) atoms. The Kier molecular flexibility index (Phi) is 3.43. The van der Waals surface area contributed by atoms with Crippen molar-refractivity contribution < 1.29 is 9.53 Å². The first-order valence-electron chi connectivity index (χ1n) is 5.62. The number of aromatic amines is 1. The number of carbonyl (C=O) groups excluding carboxylic acids is 1. The second-order valence-electron chi connectivity index (χ2n) is 4.13. The molecule has 0 saturated heterocycles. The van der Waals surface area contributed by atoms with Gasteiger partial charge in [-0.25, -0.2) is 4.79 Å². The van der Waals surface area contributed by atoms with E-state index in [0.717, 1.165) is 12.8 Å². The lowest BCUT2D eigenvalue weighted by atomic mass is 9.95. The van der Waals surface area contributed by atoms with E-state index in [2.05, 4.69) is 4.98 Å². The summed E-state index contributed by atoms with van der Waals surface area (Å²) in [5.74, 6) is -0.321. The number of aromatic nitrogens is 2. The number of hydrogen-bond donors (Lipinski definition) is 1. The Morgan fingerprint density at radius 3 is 2.81 bits per heavy atom. The monoisotopic (exact) mass is 240 g/mol. The van der Waals surface area contributed by atoms with Gasteiger partial charge in [0.05, 0.1) is 7.11 Å². The summed E-state index contributed by atoms with van der Waals surface area (Å²) in [7, 11) is 1.39. The van der Waals surface area contributed by atoms with Crippen molar-refractivity contribution in [2.24, 2.45) is 0 Å². The van der Waals surface area contributed by atoms with E-state index in [1.54, 1.807) is 6.20 Å². The predicted molar refractivity (Wildman–Crippen MR) is 63.1 cm³/mol. The van der Waals surface area contributed by atoms with Crippen LogP contribution < -0.4 is 0 Å². The number of imidazole rings is 1. The summed E-state index contributed by atoms with van der Waals surface area (Å²) < 4.78 is 7.29. The third-order valence-corrected chi connectivity index (χ3v) is 3.46. The van der Waals surface area contributed by atoms with Gasteiger partial charge in [0.2, 0.25) is 0 Å². The van der Waals surface area contributed by atoms with Gasteiger partial charge < -0.3 is 14.3 Å². The van der Waals surface area contributed by atoms with Crippen LogP contribution in [0.4, 0.5) is 0 Å². The molecule has 0 radical (unpaired) electrons. The predicted octanol–water partition coefficient (Wildman–Crippen LogP) is 2.84. The second kappa shape index (κ2) is 4.82. The quantitative estimate of drug-likeness (QED) is 0.638. The highest BCUT2D eigenvalue weighted by atomic mass is 32.1. The highest BCUT2D eigenvalue weighted by Gasteiger charge is 2.22. The molecule has 1 aliphatic carbocycles. The van der Waals surface area contributed by atoms with Crippen LogP contribution in [0, 0.1) is 4.77 Å². The van der Waals surface area contributed by atoms with Crippen LogP contribution in [0.5, 0.6) is 0 Å². The molecule has 0 amide bonds. The molecule has 0 aromatic carbocycles. The molecule has 0 atom stereocenters. The summed E-state index contributed by atoms with van der Waals surface area (Å²) in [6, 6.07) is 0.349. The molecule has 1 heterocycles. The Hall–Kier alpha value is -1.10. The van der Waals surface area contributed by atoms with E-state index >= 15 is 0 Å². The highest BCUT2D eigenvalue weighted by Crippen LogP contribution is 2.29. The van der Waals surface area contributed by atoms with Gasteiger partial charge in [-0.3, -0.25) is 0 Å². The van der Waals surface area contributed by atoms with Crippen molar-refractivity contribution in [1.82, 2.24) is 9.55 Å². The van der Waals surface area contributed by atoms with Gasteiger partial charge >= 0.3 is 5.97 Å². The minimum Gasteiger partial charge on any atom is -0.464 e. The van der Waals surface area contributed by atoms with Crippen LogP contribution >= 0.6 is 12.2 Å². The SMILES string of the molecule is COC(=O)c1c[nH]c(=S)n1C1CCCCC1. The van der Waals surface area contributed by atoms with Crippen molar-refractivity contribution in [3.63, 3.8) is 0 Å². The van der Waals surface area contributed by atoms with Crippen molar-refractivity contribution in [3.05, 3.63) is 16.7 Å². The average Bonchev–Trinajstić information content (AvgIpc) is 2.71. The number of nitrogens with zero attached hydrogens (tertiary/aromatic N) is 1. The number of carbonyl (C=O) groups is 1. The minimum absolute atomic E-state index is 0.321. The average molecular weight is 240 g/mol. The molecule has 1 aromatic rings. The van der Waals surface area contributed by atoms with E-state index in [1.165, 1.54) is 26.4 Å². The topological polar surface area (TPSA) is 47.0 Å². The molecule has 0 spiro atoms. The fourth-order valence-electron chi connectivity index (χ4n) is 2.34. The maximum Gasteiger partial charge on any atom is 0.356 e. The van der Waals surface area contributed by atoms with Crippen LogP contribution in [0.25, 0.3) is 0 Å². The van der Waals surface area contributed by atoms with Crippen LogP contribution in [-0.2, 0) is 4.74 Å². The molecule has 1 N–H and O–H groups in total. The van der Waals surface area contributed by atoms with Crippen molar-refractivity contribution in [2.75, 3.05) is 7.11 Å². The maximum atomic E-state index is 11.6. The Labute approximate surface area is 99.6 Å². The fraction of sp³-hybridized carbons (Fsp3) is 0.636. The van der Waals surface area contributed by atoms with Crippen molar-refractivity contribution in [2.45, 2.75) is 38.1 Å². The molecule has 0 unspecified atom stereocenters. The van der Waals surface area contributed by atoms with Crippen LogP contribution in [0.3, 0.4) is 0 Å². The molecular formula is C11H16N2O2S.